The molecule has 5 heteroatoms. The summed E-state index contributed by atoms with van der Waals surface area (Å²) in [4.78, 5) is 15.8. The van der Waals surface area contributed by atoms with Crippen LogP contribution in [0.5, 0.6) is 0 Å². The fourth-order valence-electron chi connectivity index (χ4n) is 1.87. The smallest absolute Gasteiger partial charge is 0.300 e. The molecule has 0 radical (unpaired) electrons. The molecule has 0 amide bonds. The van der Waals surface area contributed by atoms with E-state index in [4.69, 9.17) is 9.90 Å². The summed E-state index contributed by atoms with van der Waals surface area (Å²) in [6, 6.07) is 4.12. The van der Waals surface area contributed by atoms with Crippen LogP contribution in [-0.2, 0) is 4.79 Å². The molecule has 0 aliphatic carbocycles. The Morgan fingerprint density at radius 3 is 2.83 bits per heavy atom. The number of aryl methyl sites for hydroxylation is 1. The number of nitrogens with one attached hydrogen (secondary N) is 1. The monoisotopic (exact) mass is 251 g/mol. The molecular weight excluding hydrogens is 230 g/mol. The van der Waals surface area contributed by atoms with E-state index < -0.39 is 5.97 Å². The molecule has 1 saturated heterocycles. The Morgan fingerprint density at radius 2 is 2.17 bits per heavy atom. The number of pyridine rings is 1. The largest absolute Gasteiger partial charge is 0.481 e. The van der Waals surface area contributed by atoms with Crippen molar-refractivity contribution in [3.8, 4) is 0 Å². The molecule has 0 spiro atoms. The molecule has 2 rings (SSSR count). The van der Waals surface area contributed by atoms with Gasteiger partial charge in [0, 0.05) is 32.8 Å². The van der Waals surface area contributed by atoms with Crippen molar-refractivity contribution in [3.05, 3.63) is 23.9 Å². The van der Waals surface area contributed by atoms with Crippen LogP contribution in [0.2, 0.25) is 0 Å². The van der Waals surface area contributed by atoms with E-state index in [1.165, 1.54) is 12.0 Å². The number of nitrogens with zero attached hydrogens (tertiary/aromatic N) is 2. The third kappa shape index (κ3) is 5.14. The van der Waals surface area contributed by atoms with Crippen LogP contribution in [0.3, 0.4) is 0 Å². The normalized spacial score (nSPS) is 15.3. The van der Waals surface area contributed by atoms with Gasteiger partial charge in [0.15, 0.2) is 0 Å². The zero-order valence-corrected chi connectivity index (χ0v) is 11.0. The first-order valence-electron chi connectivity index (χ1n) is 6.18. The zero-order chi connectivity index (χ0) is 13.4. The van der Waals surface area contributed by atoms with Crippen molar-refractivity contribution in [2.24, 2.45) is 0 Å². The number of aliphatic carboxylic acids is 1. The maximum absolute atomic E-state index is 9.00. The Kier molecular flexibility index (Phi) is 6.14. The lowest BCUT2D eigenvalue weighted by molar-refractivity contribution is -0.134. The molecular formula is C13H21N3O2. The molecule has 18 heavy (non-hydrogen) atoms. The molecule has 0 saturated carbocycles. The summed E-state index contributed by atoms with van der Waals surface area (Å²) in [6.45, 7) is 7.59. The van der Waals surface area contributed by atoms with Gasteiger partial charge in [-0.3, -0.25) is 4.79 Å². The highest BCUT2D eigenvalue weighted by Crippen LogP contribution is 2.16. The second-order valence-electron chi connectivity index (χ2n) is 4.25. The molecule has 1 aliphatic heterocycles. The van der Waals surface area contributed by atoms with E-state index >= 15 is 0 Å². The molecule has 2 heterocycles. The van der Waals surface area contributed by atoms with Gasteiger partial charge in [0.2, 0.25) is 0 Å². The minimum absolute atomic E-state index is 0.833. The molecule has 0 unspecified atom stereocenters. The van der Waals surface area contributed by atoms with Gasteiger partial charge in [-0.15, -0.1) is 0 Å². The summed E-state index contributed by atoms with van der Waals surface area (Å²) in [5.74, 6) is 0.316. The van der Waals surface area contributed by atoms with E-state index in [1.54, 1.807) is 0 Å². The fourth-order valence-corrected chi connectivity index (χ4v) is 1.87. The van der Waals surface area contributed by atoms with Crippen LogP contribution < -0.4 is 10.2 Å². The molecule has 1 aromatic rings. The lowest BCUT2D eigenvalue weighted by Gasteiger charge is -2.22. The first kappa shape index (κ1) is 14.4. The minimum Gasteiger partial charge on any atom is -0.481 e. The van der Waals surface area contributed by atoms with Crippen LogP contribution in [0.25, 0.3) is 0 Å². The lowest BCUT2D eigenvalue weighted by Crippen LogP contribution is -2.29. The van der Waals surface area contributed by atoms with Gasteiger partial charge in [-0.05, 0) is 31.5 Å². The third-order valence-corrected chi connectivity index (χ3v) is 2.62. The fraction of sp³-hybridized carbons (Fsp3) is 0.538. The van der Waals surface area contributed by atoms with Crippen LogP contribution in [0.15, 0.2) is 18.3 Å². The van der Waals surface area contributed by atoms with Gasteiger partial charge in [0.1, 0.15) is 5.82 Å². The van der Waals surface area contributed by atoms with Gasteiger partial charge in [-0.2, -0.15) is 0 Å². The van der Waals surface area contributed by atoms with E-state index in [1.807, 2.05) is 12.3 Å². The van der Waals surface area contributed by atoms with Crippen molar-refractivity contribution >= 4 is 11.8 Å². The Hall–Kier alpha value is -1.62. The maximum Gasteiger partial charge on any atom is 0.300 e. The summed E-state index contributed by atoms with van der Waals surface area (Å²) in [5, 5.41) is 10.8. The van der Waals surface area contributed by atoms with E-state index in [9.17, 15) is 0 Å². The standard InChI is InChI=1S/C11H17N3.C2H4O2/c1-10-4-2-6-13-11(10)14-8-3-5-12-7-9-14;1-2(3)4/h2,4,6,12H,3,5,7-9H2,1H3;1H3,(H,3,4). The zero-order valence-electron chi connectivity index (χ0n) is 11.0. The number of carboxylic acid groups (broad SMARTS) is 1. The summed E-state index contributed by atoms with van der Waals surface area (Å²) >= 11 is 0. The predicted molar refractivity (Wildman–Crippen MR) is 72.0 cm³/mol. The molecule has 1 fully saturated rings. The first-order chi connectivity index (χ1) is 8.61. The number of anilines is 1. The van der Waals surface area contributed by atoms with Crippen molar-refractivity contribution in [2.45, 2.75) is 20.3 Å². The molecule has 0 atom stereocenters. The van der Waals surface area contributed by atoms with Crippen LogP contribution in [-0.4, -0.2) is 42.2 Å². The summed E-state index contributed by atoms with van der Waals surface area (Å²) in [7, 11) is 0. The molecule has 1 aromatic heterocycles. The third-order valence-electron chi connectivity index (χ3n) is 2.62. The molecule has 5 nitrogen and oxygen atoms in total. The molecule has 0 aromatic carbocycles. The van der Waals surface area contributed by atoms with Gasteiger partial charge in [-0.25, -0.2) is 4.98 Å². The number of rotatable bonds is 1. The summed E-state index contributed by atoms with van der Waals surface area (Å²) in [5.41, 5.74) is 1.27. The summed E-state index contributed by atoms with van der Waals surface area (Å²) in [6.07, 6.45) is 3.08. The van der Waals surface area contributed by atoms with Crippen LogP contribution in [0.1, 0.15) is 18.9 Å². The van der Waals surface area contributed by atoms with Gasteiger partial charge in [-0.1, -0.05) is 6.07 Å². The Bertz CT molecular complexity index is 370. The van der Waals surface area contributed by atoms with Crippen LogP contribution >= 0.6 is 0 Å². The quantitative estimate of drug-likeness (QED) is 0.787. The average molecular weight is 251 g/mol. The predicted octanol–water partition coefficient (Wildman–Crippen LogP) is 1.28. The van der Waals surface area contributed by atoms with Crippen molar-refractivity contribution in [1.29, 1.82) is 0 Å². The number of aromatic nitrogens is 1. The second-order valence-corrected chi connectivity index (χ2v) is 4.25. The van der Waals surface area contributed by atoms with Gasteiger partial charge in [0.05, 0.1) is 0 Å². The Labute approximate surface area is 108 Å². The molecule has 100 valence electrons. The molecule has 2 N–H and O–H groups in total. The Balaban J connectivity index is 0.000000357. The van der Waals surface area contributed by atoms with Crippen LogP contribution in [0, 0.1) is 6.92 Å². The topological polar surface area (TPSA) is 65.5 Å². The second kappa shape index (κ2) is 7.66. The summed E-state index contributed by atoms with van der Waals surface area (Å²) < 4.78 is 0. The van der Waals surface area contributed by atoms with E-state index in [0.717, 1.165) is 38.9 Å². The van der Waals surface area contributed by atoms with E-state index in [-0.39, 0.29) is 0 Å². The Morgan fingerprint density at radius 1 is 1.44 bits per heavy atom. The number of hydrogen-bond donors (Lipinski definition) is 2. The van der Waals surface area contributed by atoms with Gasteiger partial charge < -0.3 is 15.3 Å². The van der Waals surface area contributed by atoms with Crippen molar-refractivity contribution < 1.29 is 9.90 Å². The average Bonchev–Trinajstić information content (AvgIpc) is 2.57. The SMILES string of the molecule is CC(=O)O.Cc1cccnc1N1CCCNCC1. The number of carbonyl (C=O) groups is 1. The van der Waals surface area contributed by atoms with Crippen molar-refractivity contribution in [1.82, 2.24) is 10.3 Å². The highest BCUT2D eigenvalue weighted by atomic mass is 16.4. The minimum atomic E-state index is -0.833. The van der Waals surface area contributed by atoms with Crippen molar-refractivity contribution in [3.63, 3.8) is 0 Å². The molecule has 0 bridgehead atoms. The van der Waals surface area contributed by atoms with Crippen molar-refractivity contribution in [2.75, 3.05) is 31.1 Å². The van der Waals surface area contributed by atoms with E-state index in [2.05, 4.69) is 28.2 Å². The lowest BCUT2D eigenvalue weighted by atomic mass is 10.2. The highest BCUT2D eigenvalue weighted by Gasteiger charge is 2.11. The number of carboxylic acids is 1. The maximum atomic E-state index is 9.00. The number of hydrogen-bond acceptors (Lipinski definition) is 4. The van der Waals surface area contributed by atoms with E-state index in [0.29, 0.717) is 0 Å². The van der Waals surface area contributed by atoms with Crippen LogP contribution in [0.4, 0.5) is 5.82 Å². The van der Waals surface area contributed by atoms with Gasteiger partial charge >= 0.3 is 0 Å². The highest BCUT2D eigenvalue weighted by molar-refractivity contribution is 5.62. The van der Waals surface area contributed by atoms with Gasteiger partial charge in [0.25, 0.3) is 5.97 Å². The first-order valence-corrected chi connectivity index (χ1v) is 6.18. The molecule has 1 aliphatic rings.